The van der Waals surface area contributed by atoms with Crippen molar-refractivity contribution >= 4 is 34.5 Å². The second-order valence-corrected chi connectivity index (χ2v) is 6.75. The fourth-order valence-corrected chi connectivity index (χ4v) is 2.91. The van der Waals surface area contributed by atoms with Crippen LogP contribution in [0.3, 0.4) is 0 Å². The van der Waals surface area contributed by atoms with E-state index in [2.05, 4.69) is 45.7 Å². The van der Waals surface area contributed by atoms with Gasteiger partial charge in [-0.15, -0.1) is 0 Å². The zero-order valence-electron chi connectivity index (χ0n) is 13.6. The quantitative estimate of drug-likeness (QED) is 0.484. The van der Waals surface area contributed by atoms with Crippen molar-refractivity contribution in [2.24, 2.45) is 4.99 Å². The van der Waals surface area contributed by atoms with Crippen LogP contribution in [0.1, 0.15) is 23.7 Å². The summed E-state index contributed by atoms with van der Waals surface area (Å²) < 4.78 is 2.68. The lowest BCUT2D eigenvalue weighted by molar-refractivity contribution is 0.835. The molecule has 0 unspecified atom stereocenters. The maximum Gasteiger partial charge on any atom is 0.280 e. The van der Waals surface area contributed by atoms with Gasteiger partial charge in [-0.1, -0.05) is 25.1 Å². The van der Waals surface area contributed by atoms with Crippen molar-refractivity contribution in [3.8, 4) is 5.69 Å². The Balaban J connectivity index is 1.99. The highest BCUT2D eigenvalue weighted by atomic mass is 127. The molecule has 24 heavy (non-hydrogen) atoms. The molecule has 5 heteroatoms. The molecule has 0 aliphatic rings. The number of nitrogens with one attached hydrogen (secondary N) is 1. The minimum Gasteiger partial charge on any atom is -0.295 e. The summed E-state index contributed by atoms with van der Waals surface area (Å²) in [6.45, 7) is 3.98. The normalized spacial score (nSPS) is 11.3. The summed E-state index contributed by atoms with van der Waals surface area (Å²) in [5.74, 6) is 0. The number of halogens is 1. The van der Waals surface area contributed by atoms with E-state index in [1.54, 1.807) is 10.9 Å². The van der Waals surface area contributed by atoms with Gasteiger partial charge in [-0.2, -0.15) is 0 Å². The van der Waals surface area contributed by atoms with Gasteiger partial charge in [0.05, 0.1) is 16.9 Å². The highest BCUT2D eigenvalue weighted by Gasteiger charge is 2.10. The molecule has 0 fully saturated rings. The minimum absolute atomic E-state index is 0.0913. The lowest BCUT2D eigenvalue weighted by Gasteiger charge is -2.01. The average molecular weight is 431 g/mol. The van der Waals surface area contributed by atoms with Gasteiger partial charge in [0, 0.05) is 15.5 Å². The van der Waals surface area contributed by atoms with Crippen molar-refractivity contribution in [2.45, 2.75) is 20.3 Å². The molecule has 1 heterocycles. The van der Waals surface area contributed by atoms with Crippen molar-refractivity contribution in [3.63, 3.8) is 0 Å². The van der Waals surface area contributed by atoms with Crippen molar-refractivity contribution in [3.05, 3.63) is 79.3 Å². The second kappa shape index (κ2) is 7.17. The molecule has 0 amide bonds. The van der Waals surface area contributed by atoms with Crippen LogP contribution >= 0.6 is 22.6 Å². The molecule has 0 aliphatic heterocycles. The molecule has 0 radical (unpaired) electrons. The van der Waals surface area contributed by atoms with Gasteiger partial charge in [-0.3, -0.25) is 14.9 Å². The number of H-pyrrole nitrogens is 1. The van der Waals surface area contributed by atoms with E-state index < -0.39 is 0 Å². The molecule has 3 aromatic rings. The summed E-state index contributed by atoms with van der Waals surface area (Å²) in [7, 11) is 0. The molecule has 2 aromatic carbocycles. The molecule has 0 bridgehead atoms. The van der Waals surface area contributed by atoms with Crippen LogP contribution in [0.15, 0.2) is 58.3 Å². The Morgan fingerprint density at radius 1 is 1.17 bits per heavy atom. The molecule has 0 saturated heterocycles. The highest BCUT2D eigenvalue weighted by Crippen LogP contribution is 2.19. The van der Waals surface area contributed by atoms with Crippen LogP contribution in [0.5, 0.6) is 0 Å². The molecular weight excluding hydrogens is 413 g/mol. The first-order valence-corrected chi connectivity index (χ1v) is 8.87. The standard InChI is InChI=1S/C19H18IN3O/c1-3-14-6-4-5-7-18(14)21-12-17-13(2)22-23(19(17)24)16-10-8-15(20)9-11-16/h4-12,22H,3H2,1-2H3. The first kappa shape index (κ1) is 16.7. The van der Waals surface area contributed by atoms with Crippen LogP contribution < -0.4 is 5.56 Å². The third kappa shape index (κ3) is 3.36. The number of nitrogens with zero attached hydrogens (tertiary/aromatic N) is 2. The van der Waals surface area contributed by atoms with Crippen LogP contribution in [0, 0.1) is 10.5 Å². The maximum atomic E-state index is 12.7. The average Bonchev–Trinajstić information content (AvgIpc) is 2.88. The topological polar surface area (TPSA) is 50.1 Å². The summed E-state index contributed by atoms with van der Waals surface area (Å²) >= 11 is 2.24. The predicted octanol–water partition coefficient (Wildman–Crippen LogP) is 4.39. The van der Waals surface area contributed by atoms with Gasteiger partial charge in [-0.05, 0) is 71.8 Å². The SMILES string of the molecule is CCc1ccccc1N=Cc1c(C)[nH]n(-c2ccc(I)cc2)c1=O. The first-order valence-electron chi connectivity index (χ1n) is 7.79. The second-order valence-electron chi connectivity index (χ2n) is 5.51. The molecule has 1 aromatic heterocycles. The molecule has 0 atom stereocenters. The van der Waals surface area contributed by atoms with E-state index in [1.807, 2.05) is 49.4 Å². The monoisotopic (exact) mass is 431 g/mol. The number of aromatic nitrogens is 2. The highest BCUT2D eigenvalue weighted by molar-refractivity contribution is 14.1. The summed E-state index contributed by atoms with van der Waals surface area (Å²) in [4.78, 5) is 17.2. The largest absolute Gasteiger partial charge is 0.295 e. The van der Waals surface area contributed by atoms with Gasteiger partial charge >= 0.3 is 0 Å². The molecule has 1 N–H and O–H groups in total. The van der Waals surface area contributed by atoms with Crippen LogP contribution in [0.25, 0.3) is 5.69 Å². The van der Waals surface area contributed by atoms with Gasteiger partial charge in [0.1, 0.15) is 0 Å². The zero-order chi connectivity index (χ0) is 17.1. The van der Waals surface area contributed by atoms with Crippen molar-refractivity contribution in [2.75, 3.05) is 0 Å². The summed E-state index contributed by atoms with van der Waals surface area (Å²) in [6, 6.07) is 15.8. The van der Waals surface area contributed by atoms with Gasteiger partial charge in [-0.25, -0.2) is 4.68 Å². The predicted molar refractivity (Wildman–Crippen MR) is 107 cm³/mol. The molecule has 122 valence electrons. The number of hydrogen-bond acceptors (Lipinski definition) is 2. The zero-order valence-corrected chi connectivity index (χ0v) is 15.7. The number of benzene rings is 2. The van der Waals surface area contributed by atoms with Crippen molar-refractivity contribution in [1.29, 1.82) is 0 Å². The molecule has 0 saturated carbocycles. The minimum atomic E-state index is -0.0913. The summed E-state index contributed by atoms with van der Waals surface area (Å²) in [5, 5.41) is 3.12. The number of aromatic amines is 1. The third-order valence-electron chi connectivity index (χ3n) is 3.91. The van der Waals surface area contributed by atoms with E-state index in [1.165, 1.54) is 5.56 Å². The molecule has 4 nitrogen and oxygen atoms in total. The lowest BCUT2D eigenvalue weighted by Crippen LogP contribution is -2.17. The van der Waals surface area contributed by atoms with Gasteiger partial charge < -0.3 is 0 Å². The number of aryl methyl sites for hydroxylation is 2. The smallest absolute Gasteiger partial charge is 0.280 e. The van der Waals surface area contributed by atoms with E-state index in [-0.39, 0.29) is 5.56 Å². The lowest BCUT2D eigenvalue weighted by atomic mass is 10.1. The first-order chi connectivity index (χ1) is 11.6. The Hall–Kier alpha value is -2.15. The summed E-state index contributed by atoms with van der Waals surface area (Å²) in [6.07, 6.45) is 2.57. The Morgan fingerprint density at radius 3 is 2.58 bits per heavy atom. The maximum absolute atomic E-state index is 12.7. The Morgan fingerprint density at radius 2 is 1.88 bits per heavy atom. The van der Waals surface area contributed by atoms with Crippen LogP contribution in [0.2, 0.25) is 0 Å². The fraction of sp³-hybridized carbons (Fsp3) is 0.158. The molecule has 3 rings (SSSR count). The Bertz CT molecular complexity index is 936. The van der Waals surface area contributed by atoms with E-state index in [9.17, 15) is 4.79 Å². The van der Waals surface area contributed by atoms with E-state index in [0.29, 0.717) is 5.56 Å². The number of rotatable bonds is 4. The summed E-state index contributed by atoms with van der Waals surface area (Å²) in [5.41, 5.74) is 4.18. The Labute approximate surface area is 154 Å². The molecular formula is C19H18IN3O. The van der Waals surface area contributed by atoms with Gasteiger partial charge in [0.25, 0.3) is 5.56 Å². The van der Waals surface area contributed by atoms with Crippen molar-refractivity contribution < 1.29 is 0 Å². The van der Waals surface area contributed by atoms with E-state index >= 15 is 0 Å². The molecule has 0 spiro atoms. The van der Waals surface area contributed by atoms with Crippen LogP contribution in [-0.4, -0.2) is 16.0 Å². The van der Waals surface area contributed by atoms with Crippen LogP contribution in [0.4, 0.5) is 5.69 Å². The number of para-hydroxylation sites is 1. The molecule has 0 aliphatic carbocycles. The van der Waals surface area contributed by atoms with E-state index in [0.717, 1.165) is 27.1 Å². The van der Waals surface area contributed by atoms with Crippen molar-refractivity contribution in [1.82, 2.24) is 9.78 Å². The number of hydrogen-bond donors (Lipinski definition) is 1. The van der Waals surface area contributed by atoms with E-state index in [4.69, 9.17) is 0 Å². The van der Waals surface area contributed by atoms with Gasteiger partial charge in [0.2, 0.25) is 0 Å². The Kier molecular flexibility index (Phi) is 4.99. The van der Waals surface area contributed by atoms with Crippen LogP contribution in [-0.2, 0) is 6.42 Å². The third-order valence-corrected chi connectivity index (χ3v) is 4.63. The fourth-order valence-electron chi connectivity index (χ4n) is 2.55. The van der Waals surface area contributed by atoms with Gasteiger partial charge in [0.15, 0.2) is 0 Å². The number of aliphatic imine (C=N–C) groups is 1.